The first kappa shape index (κ1) is 25.0. The van der Waals surface area contributed by atoms with Crippen molar-refractivity contribution < 1.29 is 52.8 Å². The van der Waals surface area contributed by atoms with Crippen molar-refractivity contribution in [3.8, 4) is 0 Å². The molecule has 2 unspecified atom stereocenters. The maximum Gasteiger partial charge on any atom is 2.00 e. The Labute approximate surface area is 205 Å². The first-order valence-electron chi connectivity index (χ1n) is 9.37. The summed E-state index contributed by atoms with van der Waals surface area (Å²) in [7, 11) is 0. The smallest absolute Gasteiger partial charge is 1.00 e. The number of rotatable bonds is 4. The summed E-state index contributed by atoms with van der Waals surface area (Å²) in [5, 5.41) is 0. The standard InChI is InChI=1S/C23H19N3O2.2ClH.V/c1-3-8-16(9-4-1)20-14-24-22(27-20)18-12-7-13-19(26-18)23-25-15-21(28-23)17-10-5-2-6-11-17;;;/h1-13,20-21H,14-15H2;2*1H;/q;;;+2/p-2. The second kappa shape index (κ2) is 11.4. The molecule has 1 aromatic heterocycles. The molecule has 0 spiro atoms. The summed E-state index contributed by atoms with van der Waals surface area (Å²) in [4.78, 5) is 13.8. The van der Waals surface area contributed by atoms with Crippen molar-refractivity contribution in [2.24, 2.45) is 9.98 Å². The van der Waals surface area contributed by atoms with Crippen molar-refractivity contribution in [3.63, 3.8) is 0 Å². The summed E-state index contributed by atoms with van der Waals surface area (Å²) in [5.41, 5.74) is 3.63. The van der Waals surface area contributed by atoms with Crippen molar-refractivity contribution in [2.45, 2.75) is 12.2 Å². The Morgan fingerprint density at radius 1 is 0.581 bits per heavy atom. The van der Waals surface area contributed by atoms with Gasteiger partial charge in [-0.25, -0.2) is 15.0 Å². The summed E-state index contributed by atoms with van der Waals surface area (Å²) in [6.45, 7) is 1.19. The van der Waals surface area contributed by atoms with Gasteiger partial charge < -0.3 is 34.3 Å². The van der Waals surface area contributed by atoms with Gasteiger partial charge in [0, 0.05) is 0 Å². The molecule has 0 fully saturated rings. The molecule has 2 aliphatic heterocycles. The fourth-order valence-electron chi connectivity index (χ4n) is 3.39. The predicted octanol–water partition coefficient (Wildman–Crippen LogP) is -1.88. The van der Waals surface area contributed by atoms with Gasteiger partial charge in [-0.15, -0.1) is 0 Å². The average molecular weight is 491 g/mol. The van der Waals surface area contributed by atoms with Gasteiger partial charge in [-0.05, 0) is 23.3 Å². The Hall–Kier alpha value is -2.31. The Morgan fingerprint density at radius 2 is 1.00 bits per heavy atom. The number of nitrogens with zero attached hydrogens (tertiary/aromatic N) is 3. The molecule has 2 aliphatic rings. The van der Waals surface area contributed by atoms with Crippen LogP contribution in [0.3, 0.4) is 0 Å². The van der Waals surface area contributed by atoms with Crippen molar-refractivity contribution in [2.75, 3.05) is 13.1 Å². The van der Waals surface area contributed by atoms with Gasteiger partial charge in [0.25, 0.3) is 0 Å². The fourth-order valence-corrected chi connectivity index (χ4v) is 3.39. The van der Waals surface area contributed by atoms with E-state index in [0.29, 0.717) is 36.3 Å². The number of aliphatic imine (C=N–C) groups is 2. The zero-order chi connectivity index (χ0) is 18.8. The van der Waals surface area contributed by atoms with E-state index in [1.165, 1.54) is 0 Å². The van der Waals surface area contributed by atoms with Crippen molar-refractivity contribution >= 4 is 11.8 Å². The zero-order valence-corrected chi connectivity index (χ0v) is 19.3. The van der Waals surface area contributed by atoms with E-state index in [2.05, 4.69) is 39.2 Å². The molecule has 0 saturated carbocycles. The van der Waals surface area contributed by atoms with E-state index < -0.39 is 0 Å². The Kier molecular flexibility index (Phi) is 9.14. The summed E-state index contributed by atoms with van der Waals surface area (Å²) in [5.74, 6) is 1.13. The van der Waals surface area contributed by atoms with Crippen LogP contribution in [0.4, 0.5) is 0 Å². The number of hydrogen-bond donors (Lipinski definition) is 0. The minimum absolute atomic E-state index is 0. The molecular weight excluding hydrogens is 472 g/mol. The number of ether oxygens (including phenoxy) is 2. The molecule has 2 aromatic carbocycles. The molecule has 0 saturated heterocycles. The third-order valence-corrected chi connectivity index (χ3v) is 4.84. The third kappa shape index (κ3) is 5.49. The molecule has 3 aromatic rings. The van der Waals surface area contributed by atoms with E-state index in [1.54, 1.807) is 0 Å². The monoisotopic (exact) mass is 490 g/mol. The van der Waals surface area contributed by atoms with Crippen LogP contribution in [-0.2, 0) is 28.0 Å². The number of benzene rings is 2. The first-order chi connectivity index (χ1) is 13.9. The fraction of sp³-hybridized carbons (Fsp3) is 0.174. The van der Waals surface area contributed by atoms with Crippen LogP contribution in [0.2, 0.25) is 0 Å². The number of hydrogen-bond acceptors (Lipinski definition) is 5. The van der Waals surface area contributed by atoms with Gasteiger partial charge in [0.15, 0.2) is 0 Å². The maximum absolute atomic E-state index is 6.05. The summed E-state index contributed by atoms with van der Waals surface area (Å²) in [6, 6.07) is 26.0. The van der Waals surface area contributed by atoms with E-state index in [-0.39, 0.29) is 55.6 Å². The average Bonchev–Trinajstić information content (AvgIpc) is 3.46. The molecule has 5 nitrogen and oxygen atoms in total. The van der Waals surface area contributed by atoms with Crippen LogP contribution >= 0.6 is 0 Å². The van der Waals surface area contributed by atoms with Crippen LogP contribution in [0.5, 0.6) is 0 Å². The van der Waals surface area contributed by atoms with Gasteiger partial charge in [0.1, 0.15) is 23.6 Å². The minimum Gasteiger partial charge on any atom is -1.00 e. The topological polar surface area (TPSA) is 56.1 Å². The second-order valence-corrected chi connectivity index (χ2v) is 6.73. The molecule has 8 heteroatoms. The SMILES string of the molecule is [Cl-].[Cl-].[V+2].c1ccc(C2CN=C(c3cccc(C4=NCC(c5ccccc5)O4)n3)O2)cc1. The van der Waals surface area contributed by atoms with Crippen molar-refractivity contribution in [1.29, 1.82) is 0 Å². The molecular formula is C23H19Cl2N3O2V. The van der Waals surface area contributed by atoms with Crippen LogP contribution in [0, 0.1) is 0 Å². The molecule has 0 bridgehead atoms. The molecule has 0 N–H and O–H groups in total. The Morgan fingerprint density at radius 3 is 1.42 bits per heavy atom. The normalized spacial score (nSPS) is 18.8. The quantitative estimate of drug-likeness (QED) is 0.430. The molecule has 1 radical (unpaired) electrons. The van der Waals surface area contributed by atoms with Gasteiger partial charge in [-0.3, -0.25) is 0 Å². The van der Waals surface area contributed by atoms with Crippen LogP contribution in [-0.4, -0.2) is 29.9 Å². The van der Waals surface area contributed by atoms with E-state index in [4.69, 9.17) is 9.47 Å². The summed E-state index contributed by atoms with van der Waals surface area (Å²) >= 11 is 0. The molecule has 31 heavy (non-hydrogen) atoms. The second-order valence-electron chi connectivity index (χ2n) is 6.73. The largest absolute Gasteiger partial charge is 2.00 e. The van der Waals surface area contributed by atoms with Crippen molar-refractivity contribution in [1.82, 2.24) is 4.98 Å². The molecule has 5 rings (SSSR count). The van der Waals surface area contributed by atoms with Gasteiger partial charge in [0.05, 0.1) is 13.1 Å². The maximum atomic E-state index is 6.05. The van der Waals surface area contributed by atoms with Crippen LogP contribution in [0.15, 0.2) is 88.8 Å². The summed E-state index contributed by atoms with van der Waals surface area (Å²) in [6.07, 6.45) is -0.131. The van der Waals surface area contributed by atoms with E-state index >= 15 is 0 Å². The minimum atomic E-state index is -0.0656. The van der Waals surface area contributed by atoms with Crippen LogP contribution in [0.25, 0.3) is 0 Å². The molecule has 0 amide bonds. The van der Waals surface area contributed by atoms with Gasteiger partial charge >= 0.3 is 18.6 Å². The molecule has 0 aliphatic carbocycles. The van der Waals surface area contributed by atoms with E-state index in [1.807, 2.05) is 54.6 Å². The van der Waals surface area contributed by atoms with Crippen LogP contribution in [0.1, 0.15) is 34.7 Å². The Bertz CT molecular complexity index is 968. The number of pyridine rings is 1. The van der Waals surface area contributed by atoms with Crippen molar-refractivity contribution in [3.05, 3.63) is 101 Å². The zero-order valence-electron chi connectivity index (χ0n) is 16.4. The van der Waals surface area contributed by atoms with Gasteiger partial charge in [-0.1, -0.05) is 66.7 Å². The van der Waals surface area contributed by atoms with Gasteiger partial charge in [0.2, 0.25) is 11.8 Å². The van der Waals surface area contributed by atoms with E-state index in [9.17, 15) is 0 Å². The third-order valence-electron chi connectivity index (χ3n) is 4.84. The number of aromatic nitrogens is 1. The first-order valence-corrected chi connectivity index (χ1v) is 9.37. The summed E-state index contributed by atoms with van der Waals surface area (Å²) < 4.78 is 12.1. The molecule has 3 heterocycles. The van der Waals surface area contributed by atoms with Gasteiger partial charge in [-0.2, -0.15) is 0 Å². The van der Waals surface area contributed by atoms with E-state index in [0.717, 1.165) is 11.1 Å². The Balaban J connectivity index is 0.00000114. The molecule has 157 valence electrons. The predicted molar refractivity (Wildman–Crippen MR) is 108 cm³/mol. The number of halogens is 2. The van der Waals surface area contributed by atoms with Crippen LogP contribution < -0.4 is 24.8 Å². The molecule has 2 atom stereocenters.